The van der Waals surface area contributed by atoms with Gasteiger partial charge in [-0.15, -0.1) is 0 Å². The van der Waals surface area contributed by atoms with Crippen molar-refractivity contribution in [3.05, 3.63) is 30.3 Å². The average Bonchev–Trinajstić information content (AvgIpc) is 3.47. The molecule has 1 aliphatic heterocycles. The lowest BCUT2D eigenvalue weighted by molar-refractivity contribution is -0.162. The number of carbonyl (C=O) groups excluding carboxylic acids is 3. The lowest BCUT2D eigenvalue weighted by atomic mass is 9.49. The van der Waals surface area contributed by atoms with Crippen molar-refractivity contribution in [2.45, 2.75) is 69.9 Å². The first kappa shape index (κ1) is 17.7. The van der Waals surface area contributed by atoms with E-state index in [1.54, 1.807) is 12.1 Å². The third-order valence-electron chi connectivity index (χ3n) is 8.14. The van der Waals surface area contributed by atoms with Gasteiger partial charge in [-0.25, -0.2) is 4.90 Å². The van der Waals surface area contributed by atoms with Gasteiger partial charge in [0.15, 0.2) is 0 Å². The van der Waals surface area contributed by atoms with E-state index in [1.165, 1.54) is 24.2 Å². The summed E-state index contributed by atoms with van der Waals surface area (Å²) in [5.74, 6) is 1.86. The van der Waals surface area contributed by atoms with Gasteiger partial charge in [-0.05, 0) is 81.3 Å². The van der Waals surface area contributed by atoms with E-state index in [2.05, 4.69) is 0 Å². The van der Waals surface area contributed by atoms with Crippen LogP contribution >= 0.6 is 0 Å². The van der Waals surface area contributed by atoms with E-state index in [-0.39, 0.29) is 35.6 Å². The lowest BCUT2D eigenvalue weighted by Crippen LogP contribution is -2.58. The molecule has 5 aliphatic carbocycles. The molecule has 1 aromatic rings. The molecule has 6 fully saturated rings. The monoisotopic (exact) mass is 392 g/mol. The summed E-state index contributed by atoms with van der Waals surface area (Å²) in [7, 11) is 0. The van der Waals surface area contributed by atoms with E-state index in [0.29, 0.717) is 23.4 Å². The van der Waals surface area contributed by atoms with Gasteiger partial charge in [0.1, 0.15) is 6.04 Å². The Kier molecular flexibility index (Phi) is 3.76. The minimum absolute atomic E-state index is 0.127. The minimum atomic E-state index is -0.615. The molecular formula is C24H28N2O3. The van der Waals surface area contributed by atoms with Crippen LogP contribution in [0.2, 0.25) is 0 Å². The number of para-hydroxylation sites is 1. The van der Waals surface area contributed by atoms with E-state index in [0.717, 1.165) is 32.1 Å². The van der Waals surface area contributed by atoms with Gasteiger partial charge in [-0.1, -0.05) is 18.2 Å². The van der Waals surface area contributed by atoms with Crippen LogP contribution in [-0.4, -0.2) is 34.7 Å². The van der Waals surface area contributed by atoms with Gasteiger partial charge < -0.3 is 4.90 Å². The molecule has 0 N–H and O–H groups in total. The summed E-state index contributed by atoms with van der Waals surface area (Å²) >= 11 is 0. The van der Waals surface area contributed by atoms with E-state index in [4.69, 9.17) is 0 Å². The number of carbonyl (C=O) groups is 3. The summed E-state index contributed by atoms with van der Waals surface area (Å²) in [5, 5.41) is 0. The fraction of sp³-hybridized carbons (Fsp3) is 0.625. The van der Waals surface area contributed by atoms with Gasteiger partial charge in [0.25, 0.3) is 5.91 Å². The molecule has 152 valence electrons. The van der Waals surface area contributed by atoms with Crippen molar-refractivity contribution in [3.8, 4) is 0 Å². The number of nitrogens with zero attached hydrogens (tertiary/aromatic N) is 2. The Balaban J connectivity index is 1.31. The van der Waals surface area contributed by atoms with Crippen molar-refractivity contribution in [1.29, 1.82) is 0 Å². The molecule has 7 rings (SSSR count). The highest BCUT2D eigenvalue weighted by atomic mass is 16.2. The average molecular weight is 392 g/mol. The molecule has 5 saturated carbocycles. The normalized spacial score (nSPS) is 38.0. The maximum absolute atomic E-state index is 14.0. The van der Waals surface area contributed by atoms with Crippen LogP contribution in [0.1, 0.15) is 57.8 Å². The van der Waals surface area contributed by atoms with Crippen LogP contribution in [0.3, 0.4) is 0 Å². The van der Waals surface area contributed by atoms with Gasteiger partial charge >= 0.3 is 0 Å². The molecule has 4 bridgehead atoms. The van der Waals surface area contributed by atoms with Crippen molar-refractivity contribution < 1.29 is 14.4 Å². The Morgan fingerprint density at radius 3 is 2.07 bits per heavy atom. The summed E-state index contributed by atoms with van der Waals surface area (Å²) in [6, 6.07) is 8.66. The molecular weight excluding hydrogens is 364 g/mol. The molecule has 0 aromatic heterocycles. The van der Waals surface area contributed by atoms with Gasteiger partial charge in [0.05, 0.1) is 17.5 Å². The molecule has 1 heterocycles. The molecule has 1 aromatic carbocycles. The number of amides is 3. The summed E-state index contributed by atoms with van der Waals surface area (Å²) < 4.78 is 0. The number of imide groups is 1. The molecule has 6 aliphatic rings. The number of benzene rings is 1. The molecule has 3 amide bonds. The Labute approximate surface area is 171 Å². The van der Waals surface area contributed by atoms with Gasteiger partial charge in [0, 0.05) is 6.04 Å². The number of hydrogen-bond acceptors (Lipinski definition) is 3. The molecule has 1 saturated heterocycles. The van der Waals surface area contributed by atoms with E-state index in [9.17, 15) is 14.4 Å². The van der Waals surface area contributed by atoms with Crippen molar-refractivity contribution in [2.75, 3.05) is 4.90 Å². The zero-order chi connectivity index (χ0) is 19.8. The SMILES string of the molecule is O=C1CC(N(C(=O)C23CC4CC(CC(C4)C2)C3)C2CC2)C(=O)N1c1ccccc1. The summed E-state index contributed by atoms with van der Waals surface area (Å²) in [4.78, 5) is 43.3. The first-order valence-corrected chi connectivity index (χ1v) is 11.3. The van der Waals surface area contributed by atoms with Crippen molar-refractivity contribution in [2.24, 2.45) is 23.2 Å². The molecule has 5 heteroatoms. The highest BCUT2D eigenvalue weighted by molar-refractivity contribution is 6.23. The molecule has 5 nitrogen and oxygen atoms in total. The molecule has 0 radical (unpaired) electrons. The largest absolute Gasteiger partial charge is 0.327 e. The van der Waals surface area contributed by atoms with Crippen LogP contribution in [0.4, 0.5) is 5.69 Å². The Morgan fingerprint density at radius 1 is 0.931 bits per heavy atom. The second kappa shape index (κ2) is 6.16. The van der Waals surface area contributed by atoms with E-state index >= 15 is 0 Å². The molecule has 1 unspecified atom stereocenters. The van der Waals surface area contributed by atoms with Crippen LogP contribution in [-0.2, 0) is 14.4 Å². The second-order valence-electron chi connectivity index (χ2n) is 10.3. The summed E-state index contributed by atoms with van der Waals surface area (Å²) in [6.45, 7) is 0. The maximum Gasteiger partial charge on any atom is 0.257 e. The predicted molar refractivity (Wildman–Crippen MR) is 108 cm³/mol. The fourth-order valence-corrected chi connectivity index (χ4v) is 7.24. The zero-order valence-electron chi connectivity index (χ0n) is 16.8. The fourth-order valence-electron chi connectivity index (χ4n) is 7.24. The van der Waals surface area contributed by atoms with E-state index < -0.39 is 6.04 Å². The highest BCUT2D eigenvalue weighted by Gasteiger charge is 2.59. The molecule has 0 spiro atoms. The van der Waals surface area contributed by atoms with Gasteiger partial charge in [-0.2, -0.15) is 0 Å². The maximum atomic E-state index is 14.0. The lowest BCUT2D eigenvalue weighted by Gasteiger charge is -2.57. The van der Waals surface area contributed by atoms with Crippen molar-refractivity contribution in [3.63, 3.8) is 0 Å². The van der Waals surface area contributed by atoms with Gasteiger partial charge in [-0.3, -0.25) is 14.4 Å². The third kappa shape index (κ3) is 2.69. The smallest absolute Gasteiger partial charge is 0.257 e. The van der Waals surface area contributed by atoms with Crippen LogP contribution < -0.4 is 4.90 Å². The van der Waals surface area contributed by atoms with Crippen molar-refractivity contribution in [1.82, 2.24) is 4.90 Å². The third-order valence-corrected chi connectivity index (χ3v) is 8.14. The Morgan fingerprint density at radius 2 is 1.52 bits per heavy atom. The quantitative estimate of drug-likeness (QED) is 0.737. The highest BCUT2D eigenvalue weighted by Crippen LogP contribution is 2.61. The van der Waals surface area contributed by atoms with Crippen LogP contribution in [0.25, 0.3) is 0 Å². The predicted octanol–water partition coefficient (Wildman–Crippen LogP) is 3.53. The van der Waals surface area contributed by atoms with E-state index in [1.807, 2.05) is 23.1 Å². The first-order chi connectivity index (χ1) is 14.0. The summed E-state index contributed by atoms with van der Waals surface area (Å²) in [6.07, 6.45) is 8.91. The number of hydrogen-bond donors (Lipinski definition) is 0. The standard InChI is InChI=1S/C24H28N2O3/c27-21-11-20(22(28)26(21)18-4-2-1-3-5-18)25(19-6-7-19)23(29)24-12-15-8-16(13-24)10-17(9-15)14-24/h1-5,15-17,19-20H,6-14H2. The number of rotatable bonds is 4. The van der Waals surface area contributed by atoms with Gasteiger partial charge in [0.2, 0.25) is 11.8 Å². The van der Waals surface area contributed by atoms with Crippen LogP contribution in [0, 0.1) is 23.2 Å². The molecule has 29 heavy (non-hydrogen) atoms. The summed E-state index contributed by atoms with van der Waals surface area (Å²) in [5.41, 5.74) is 0.351. The van der Waals surface area contributed by atoms with Crippen molar-refractivity contribution >= 4 is 23.4 Å². The first-order valence-electron chi connectivity index (χ1n) is 11.3. The second-order valence-corrected chi connectivity index (χ2v) is 10.3. The molecule has 1 atom stereocenters. The Hall–Kier alpha value is -2.17. The zero-order valence-corrected chi connectivity index (χ0v) is 16.8. The minimum Gasteiger partial charge on any atom is -0.327 e. The van der Waals surface area contributed by atoms with Crippen LogP contribution in [0.15, 0.2) is 30.3 Å². The topological polar surface area (TPSA) is 57.7 Å². The Bertz CT molecular complexity index is 840. The number of anilines is 1. The van der Waals surface area contributed by atoms with Crippen LogP contribution in [0.5, 0.6) is 0 Å².